The molecule has 0 radical (unpaired) electrons. The lowest BCUT2D eigenvalue weighted by molar-refractivity contribution is 1.17. The van der Waals surface area contributed by atoms with Gasteiger partial charge in [0.15, 0.2) is 17.3 Å². The Hall–Kier alpha value is -17.2. The minimum Gasteiger partial charge on any atom is -0.309 e. The largest absolute Gasteiger partial charge is 0.309 e. The summed E-state index contributed by atoms with van der Waals surface area (Å²) in [6.07, 6.45) is 0. The Labute approximate surface area is 689 Å². The zero-order valence-corrected chi connectivity index (χ0v) is 64.3. The molecule has 12 nitrogen and oxygen atoms in total. The van der Waals surface area contributed by atoms with Crippen LogP contribution in [0.1, 0.15) is 16.7 Å². The van der Waals surface area contributed by atoms with Gasteiger partial charge < -0.3 is 18.3 Å². The summed E-state index contributed by atoms with van der Waals surface area (Å²) < 4.78 is 9.45. The molecule has 6 heterocycles. The molecule has 0 fully saturated rings. The molecule has 16 aromatic carbocycles. The number of hydrogen-bond donors (Lipinski definition) is 0. The van der Waals surface area contributed by atoms with E-state index < -0.39 is 0 Å². The van der Waals surface area contributed by atoms with Crippen LogP contribution in [0.5, 0.6) is 0 Å². The Balaban J connectivity index is 0.000000148. The molecule has 0 atom stereocenters. The summed E-state index contributed by atoms with van der Waals surface area (Å²) in [6.45, 7) is 8.58. The smallest absolute Gasteiger partial charge is 0.195 e. The quantitative estimate of drug-likeness (QED) is 0.111. The minimum atomic E-state index is 0.353. The molecule has 0 N–H and O–H groups in total. The number of nitrogens with zero attached hydrogens (tertiary/aromatic N) is 12. The molecular weight excluding hydrogens is 1470 g/mol. The zero-order chi connectivity index (χ0) is 80.3. The van der Waals surface area contributed by atoms with Crippen molar-refractivity contribution >= 4 is 92.9 Å². The van der Waals surface area contributed by atoms with Gasteiger partial charge in [-0.15, -0.1) is 0 Å². The van der Waals surface area contributed by atoms with Crippen LogP contribution in [0.15, 0.2) is 388 Å². The monoisotopic (exact) mass is 1530 g/mol. The summed E-state index contributed by atoms with van der Waals surface area (Å²) in [4.78, 5) is 24.0. The molecule has 120 heavy (non-hydrogen) atoms. The maximum atomic E-state index is 10.8. The Kier molecular flexibility index (Phi) is 17.5. The Bertz CT molecular complexity index is 8030. The predicted molar refractivity (Wildman–Crippen MR) is 485 cm³/mol. The van der Waals surface area contributed by atoms with Crippen LogP contribution in [0, 0.1) is 40.6 Å². The van der Waals surface area contributed by atoms with E-state index in [-0.39, 0.29) is 0 Å². The molecule has 0 unspecified atom stereocenters. The topological polar surface area (TPSA) is 147 Å². The third-order valence-electron chi connectivity index (χ3n) is 22.8. The van der Waals surface area contributed by atoms with Gasteiger partial charge in [-0.3, -0.25) is 0 Å². The van der Waals surface area contributed by atoms with Gasteiger partial charge in [0.05, 0.1) is 85.1 Å². The fourth-order valence-electron chi connectivity index (χ4n) is 17.6. The van der Waals surface area contributed by atoms with E-state index in [9.17, 15) is 15.8 Å². The molecular formula is C108H64N12. The second-order valence-electron chi connectivity index (χ2n) is 29.5. The van der Waals surface area contributed by atoms with Crippen LogP contribution < -0.4 is 0 Å². The molecule has 0 bridgehead atoms. The molecule has 22 rings (SSSR count). The summed E-state index contributed by atoms with van der Waals surface area (Å²) >= 11 is 0. The van der Waals surface area contributed by atoms with E-state index in [4.69, 9.17) is 26.5 Å². The summed E-state index contributed by atoms with van der Waals surface area (Å²) in [5.74, 6) is 1.01. The van der Waals surface area contributed by atoms with Crippen molar-refractivity contribution in [3.8, 4) is 131 Å². The summed E-state index contributed by atoms with van der Waals surface area (Å²) in [7, 11) is 0. The first-order valence-corrected chi connectivity index (χ1v) is 39.6. The van der Waals surface area contributed by atoms with Crippen molar-refractivity contribution in [3.63, 3.8) is 0 Å². The van der Waals surface area contributed by atoms with Crippen LogP contribution in [0.4, 0.5) is 5.69 Å². The first kappa shape index (κ1) is 70.7. The highest BCUT2D eigenvalue weighted by atomic mass is 15.0. The van der Waals surface area contributed by atoms with E-state index in [0.29, 0.717) is 67.9 Å². The van der Waals surface area contributed by atoms with E-state index >= 15 is 0 Å². The van der Waals surface area contributed by atoms with E-state index in [0.717, 1.165) is 144 Å². The Morgan fingerprint density at radius 1 is 0.242 bits per heavy atom. The average molecular weight is 1530 g/mol. The molecule has 6 aromatic heterocycles. The van der Waals surface area contributed by atoms with Crippen LogP contribution in [0.25, 0.3) is 205 Å². The van der Waals surface area contributed by atoms with Gasteiger partial charge in [0.1, 0.15) is 23.3 Å². The van der Waals surface area contributed by atoms with Gasteiger partial charge >= 0.3 is 0 Å². The second-order valence-corrected chi connectivity index (χ2v) is 29.5. The second kappa shape index (κ2) is 29.7. The van der Waals surface area contributed by atoms with Crippen LogP contribution in [-0.2, 0) is 0 Å². The summed E-state index contributed by atoms with van der Waals surface area (Å²) in [6, 6.07) is 139. The number of benzene rings is 16. The van der Waals surface area contributed by atoms with E-state index in [1.807, 2.05) is 176 Å². The highest BCUT2D eigenvalue weighted by molar-refractivity contribution is 6.29. The van der Waals surface area contributed by atoms with Crippen molar-refractivity contribution in [2.24, 2.45) is 0 Å². The maximum Gasteiger partial charge on any atom is 0.195 e. The lowest BCUT2D eigenvalue weighted by Gasteiger charge is -2.15. The first-order chi connectivity index (χ1) is 59.4. The third kappa shape index (κ3) is 11.8. The molecule has 0 saturated carbocycles. The van der Waals surface area contributed by atoms with Crippen LogP contribution in [-0.4, -0.2) is 38.2 Å². The van der Waals surface area contributed by atoms with Gasteiger partial charge in [-0.2, -0.15) is 15.8 Å². The summed E-state index contributed by atoms with van der Waals surface area (Å²) in [5, 5.41) is 41.2. The van der Waals surface area contributed by atoms with Gasteiger partial charge in [0.25, 0.3) is 0 Å². The molecule has 556 valence electrons. The van der Waals surface area contributed by atoms with Gasteiger partial charge in [-0.1, -0.05) is 297 Å². The van der Waals surface area contributed by atoms with Crippen molar-refractivity contribution in [2.45, 2.75) is 0 Å². The molecule has 0 spiro atoms. The number of aromatic nitrogens is 8. The number of nitriles is 3. The molecule has 0 aliphatic heterocycles. The maximum absolute atomic E-state index is 10.8. The van der Waals surface area contributed by atoms with Gasteiger partial charge in [0, 0.05) is 93.7 Å². The normalized spacial score (nSPS) is 11.3. The average Bonchev–Trinajstić information content (AvgIpc) is 1.53. The van der Waals surface area contributed by atoms with Crippen molar-refractivity contribution in [1.29, 1.82) is 15.8 Å². The highest BCUT2D eigenvalue weighted by Gasteiger charge is 2.28. The lowest BCUT2D eigenvalue weighted by Crippen LogP contribution is -2.01. The van der Waals surface area contributed by atoms with E-state index in [1.165, 1.54) is 10.8 Å². The van der Waals surface area contributed by atoms with Crippen LogP contribution >= 0.6 is 0 Å². The molecule has 0 amide bonds. The Morgan fingerprint density at radius 2 is 0.608 bits per heavy atom. The number of rotatable bonds is 12. The molecule has 22 aromatic rings. The fourth-order valence-corrected chi connectivity index (χ4v) is 17.6. The predicted octanol–water partition coefficient (Wildman–Crippen LogP) is 26.8. The summed E-state index contributed by atoms with van der Waals surface area (Å²) in [5.41, 5.74) is 24.9. The minimum absolute atomic E-state index is 0.353. The van der Waals surface area contributed by atoms with E-state index in [2.05, 4.69) is 254 Å². The van der Waals surface area contributed by atoms with Crippen LogP contribution in [0.3, 0.4) is 0 Å². The Morgan fingerprint density at radius 3 is 1.07 bits per heavy atom. The number of fused-ring (bicyclic) bond motifs is 14. The van der Waals surface area contributed by atoms with Crippen molar-refractivity contribution < 1.29 is 0 Å². The number of hydrogen-bond acceptors (Lipinski definition) is 7. The lowest BCUT2D eigenvalue weighted by atomic mass is 9.94. The highest BCUT2D eigenvalue weighted by Crippen LogP contribution is 2.49. The SMILES string of the molecule is N#Cc1cc(-c2nc(-c3ccccc3)nc(-c3ccccc3)c2C#N)ccc1-c1ccc2c3ccc4c(c5ccccc5n4-c4ccccc4)c3n(-c3ccccc3)c2c1.[C-]#[N+]c1cc(-c2nc(-c3ccccc3)nc(-c3ccccc3)c2C#N)ccc1-c1cccc2c3ccc4c(c5ccccc5n4-c4ccccc4)c3n(-c3ccccc3)c12. The van der Waals surface area contributed by atoms with Gasteiger partial charge in [0.2, 0.25) is 0 Å². The molecule has 12 heteroatoms. The zero-order valence-electron chi connectivity index (χ0n) is 64.3. The molecule has 0 aliphatic rings. The first-order valence-electron chi connectivity index (χ1n) is 39.6. The van der Waals surface area contributed by atoms with Crippen LogP contribution in [0.2, 0.25) is 0 Å². The van der Waals surface area contributed by atoms with Crippen molar-refractivity contribution in [3.05, 3.63) is 416 Å². The van der Waals surface area contributed by atoms with E-state index in [1.54, 1.807) is 0 Å². The van der Waals surface area contributed by atoms with Crippen molar-refractivity contribution in [1.82, 2.24) is 38.2 Å². The van der Waals surface area contributed by atoms with Gasteiger partial charge in [-0.05, 0) is 119 Å². The molecule has 0 saturated heterocycles. The van der Waals surface area contributed by atoms with Gasteiger partial charge in [-0.25, -0.2) is 24.8 Å². The number of para-hydroxylation sites is 7. The fraction of sp³-hybridized carbons (Fsp3) is 0. The van der Waals surface area contributed by atoms with Crippen molar-refractivity contribution in [2.75, 3.05) is 0 Å². The standard InChI is InChI=1S/2C54H32N6/c1-56-46-33-37(51-45(34-55)50(35-17-6-2-7-18-35)57-54(58-51)36-19-8-3-9-20-36)29-30-40(46)41-26-16-27-42-43-31-32-48-49(53(43)60(52(41)42)39-23-12-5-13-24-39)44-25-14-15-28-47(44)59(48)38-21-10-4-11-22-38;55-33-39-31-38(52-46(34-56)51(35-15-5-1-6-16-35)57-54(58-52)36-17-7-2-8-18-36)26-27-42(39)37-25-28-43-44-29-30-48-50(53(44)60(49(43)32-37)41-21-11-4-12-22-41)45-23-13-14-24-47(45)59(48)40-19-9-3-10-20-40/h2-33H;1-32H. The third-order valence-corrected chi connectivity index (χ3v) is 22.8. The molecule has 0 aliphatic carbocycles.